The van der Waals surface area contributed by atoms with E-state index in [1.807, 2.05) is 0 Å². The second-order valence-electron chi connectivity index (χ2n) is 5.51. The highest BCUT2D eigenvalue weighted by molar-refractivity contribution is 7.19. The molecule has 0 atom stereocenters. The fourth-order valence-electron chi connectivity index (χ4n) is 2.41. The van der Waals surface area contributed by atoms with Crippen molar-refractivity contribution in [3.05, 3.63) is 71.8 Å². The van der Waals surface area contributed by atoms with E-state index in [4.69, 9.17) is 5.73 Å². The molecule has 0 aliphatic rings. The Morgan fingerprint density at radius 3 is 2.33 bits per heavy atom. The Bertz CT molecular complexity index is 990. The van der Waals surface area contributed by atoms with Gasteiger partial charge in [0.25, 0.3) is 0 Å². The molecule has 3 N–H and O–H groups in total. The zero-order chi connectivity index (χ0) is 19.8. The van der Waals surface area contributed by atoms with E-state index in [1.165, 1.54) is 18.2 Å². The van der Waals surface area contributed by atoms with Crippen LogP contribution in [0.25, 0.3) is 16.1 Å². The second kappa shape index (κ2) is 6.99. The molecule has 3 rings (SSSR count). The van der Waals surface area contributed by atoms with E-state index < -0.39 is 23.4 Å². The van der Waals surface area contributed by atoms with Gasteiger partial charge in [-0.2, -0.15) is 13.2 Å². The highest BCUT2D eigenvalue weighted by atomic mass is 32.1. The SMILES string of the molecule is C=C(Nc1nc(N)c(-c2cccc(C(F)(F)F)c2)s1)c1c(F)cccc1F. The molecule has 0 radical (unpaired) electrons. The Balaban J connectivity index is 1.91. The summed E-state index contributed by atoms with van der Waals surface area (Å²) in [6.45, 7) is 3.59. The lowest BCUT2D eigenvalue weighted by Gasteiger charge is -2.09. The summed E-state index contributed by atoms with van der Waals surface area (Å²) in [5, 5.41) is 2.79. The molecular weight excluding hydrogens is 385 g/mol. The summed E-state index contributed by atoms with van der Waals surface area (Å²) in [5.74, 6) is -1.63. The number of halogens is 5. The molecule has 0 bridgehead atoms. The molecule has 0 spiro atoms. The second-order valence-corrected chi connectivity index (χ2v) is 6.51. The monoisotopic (exact) mass is 397 g/mol. The number of anilines is 2. The van der Waals surface area contributed by atoms with Crippen molar-refractivity contribution in [1.29, 1.82) is 0 Å². The molecule has 27 heavy (non-hydrogen) atoms. The molecule has 140 valence electrons. The fraction of sp³-hybridized carbons (Fsp3) is 0.0556. The number of rotatable bonds is 4. The van der Waals surface area contributed by atoms with E-state index in [1.54, 1.807) is 0 Å². The lowest BCUT2D eigenvalue weighted by molar-refractivity contribution is -0.137. The largest absolute Gasteiger partial charge is 0.416 e. The van der Waals surface area contributed by atoms with E-state index in [0.29, 0.717) is 4.88 Å². The molecule has 0 fully saturated rings. The van der Waals surface area contributed by atoms with Crippen LogP contribution in [0.3, 0.4) is 0 Å². The predicted molar refractivity (Wildman–Crippen MR) is 96.0 cm³/mol. The molecule has 0 saturated carbocycles. The minimum atomic E-state index is -4.49. The van der Waals surface area contributed by atoms with Crippen molar-refractivity contribution in [1.82, 2.24) is 4.98 Å². The van der Waals surface area contributed by atoms with E-state index in [-0.39, 0.29) is 27.8 Å². The first-order valence-electron chi connectivity index (χ1n) is 7.51. The maximum atomic E-state index is 13.8. The molecule has 0 aliphatic heterocycles. The summed E-state index contributed by atoms with van der Waals surface area (Å²) in [5.41, 5.74) is 4.78. The molecule has 0 amide bonds. The number of hydrogen-bond donors (Lipinski definition) is 2. The average Bonchev–Trinajstić information content (AvgIpc) is 2.94. The molecule has 0 saturated heterocycles. The Hall–Kier alpha value is -2.94. The lowest BCUT2D eigenvalue weighted by atomic mass is 10.1. The molecule has 3 nitrogen and oxygen atoms in total. The van der Waals surface area contributed by atoms with Crippen LogP contribution in [0.4, 0.5) is 32.9 Å². The standard InChI is InChI=1S/C18H12F5N3S/c1-9(14-12(19)6-3-7-13(14)20)25-17-26-16(24)15(27-17)10-4-2-5-11(8-10)18(21,22)23/h2-8H,1,24H2,(H,25,26). The maximum absolute atomic E-state index is 13.8. The zero-order valence-electron chi connectivity index (χ0n) is 13.6. The van der Waals surface area contributed by atoms with Crippen LogP contribution in [0.1, 0.15) is 11.1 Å². The van der Waals surface area contributed by atoms with E-state index in [2.05, 4.69) is 16.9 Å². The third kappa shape index (κ3) is 3.92. The van der Waals surface area contributed by atoms with Crippen molar-refractivity contribution >= 4 is 28.0 Å². The van der Waals surface area contributed by atoms with Gasteiger partial charge in [0.1, 0.15) is 17.5 Å². The van der Waals surface area contributed by atoms with Gasteiger partial charge in [-0.1, -0.05) is 36.1 Å². The van der Waals surface area contributed by atoms with Crippen LogP contribution >= 0.6 is 11.3 Å². The fourth-order valence-corrected chi connectivity index (χ4v) is 3.31. The van der Waals surface area contributed by atoms with Crippen molar-refractivity contribution in [2.75, 3.05) is 11.1 Å². The van der Waals surface area contributed by atoms with Gasteiger partial charge in [0.15, 0.2) is 5.13 Å². The Labute approximate surface area is 155 Å². The zero-order valence-corrected chi connectivity index (χ0v) is 14.4. The maximum Gasteiger partial charge on any atom is 0.416 e. The number of nitrogens with zero attached hydrogens (tertiary/aromatic N) is 1. The summed E-state index contributed by atoms with van der Waals surface area (Å²) in [6.07, 6.45) is -4.49. The van der Waals surface area contributed by atoms with Crippen LogP contribution in [-0.2, 0) is 6.18 Å². The van der Waals surface area contributed by atoms with Gasteiger partial charge in [0.2, 0.25) is 0 Å². The number of hydrogen-bond acceptors (Lipinski definition) is 4. The molecule has 0 aliphatic carbocycles. The summed E-state index contributed by atoms with van der Waals surface area (Å²) >= 11 is 0.946. The van der Waals surface area contributed by atoms with Gasteiger partial charge in [0.05, 0.1) is 16.0 Å². The van der Waals surface area contributed by atoms with Crippen LogP contribution in [-0.4, -0.2) is 4.98 Å². The molecule has 2 aromatic carbocycles. The Morgan fingerprint density at radius 1 is 1.07 bits per heavy atom. The van der Waals surface area contributed by atoms with E-state index >= 15 is 0 Å². The lowest BCUT2D eigenvalue weighted by Crippen LogP contribution is -2.04. The molecule has 1 heterocycles. The molecule has 1 aromatic heterocycles. The summed E-state index contributed by atoms with van der Waals surface area (Å²) in [7, 11) is 0. The first kappa shape index (κ1) is 18.8. The van der Waals surface area contributed by atoms with Gasteiger partial charge in [-0.3, -0.25) is 0 Å². The molecule has 0 unspecified atom stereocenters. The van der Waals surface area contributed by atoms with Crippen molar-refractivity contribution < 1.29 is 22.0 Å². The molecule has 3 aromatic rings. The van der Waals surface area contributed by atoms with Crippen LogP contribution < -0.4 is 11.1 Å². The van der Waals surface area contributed by atoms with Gasteiger partial charge >= 0.3 is 6.18 Å². The first-order valence-corrected chi connectivity index (χ1v) is 8.32. The van der Waals surface area contributed by atoms with Crippen molar-refractivity contribution in [3.63, 3.8) is 0 Å². The minimum absolute atomic E-state index is 0.0105. The number of thiazole rings is 1. The quantitative estimate of drug-likeness (QED) is 0.550. The number of nitrogens with one attached hydrogen (secondary N) is 1. The Morgan fingerprint density at radius 2 is 1.70 bits per heavy atom. The van der Waals surface area contributed by atoms with Crippen LogP contribution in [0.5, 0.6) is 0 Å². The van der Waals surface area contributed by atoms with Crippen molar-refractivity contribution in [3.8, 4) is 10.4 Å². The van der Waals surface area contributed by atoms with Crippen LogP contribution in [0.2, 0.25) is 0 Å². The van der Waals surface area contributed by atoms with Crippen LogP contribution in [0.15, 0.2) is 49.0 Å². The van der Waals surface area contributed by atoms with E-state index in [0.717, 1.165) is 35.6 Å². The van der Waals surface area contributed by atoms with Gasteiger partial charge in [0, 0.05) is 5.70 Å². The molecular formula is C18H12F5N3S. The molecule has 9 heteroatoms. The summed E-state index contributed by atoms with van der Waals surface area (Å²) in [4.78, 5) is 4.30. The third-order valence-corrected chi connectivity index (χ3v) is 4.66. The van der Waals surface area contributed by atoms with Gasteiger partial charge in [-0.15, -0.1) is 0 Å². The predicted octanol–water partition coefficient (Wildman–Crippen LogP) is 5.77. The normalized spacial score (nSPS) is 11.4. The van der Waals surface area contributed by atoms with Crippen LogP contribution in [0, 0.1) is 11.6 Å². The number of nitrogens with two attached hydrogens (primary N) is 1. The first-order chi connectivity index (χ1) is 12.7. The highest BCUT2D eigenvalue weighted by Crippen LogP contribution is 2.39. The average molecular weight is 397 g/mol. The smallest absolute Gasteiger partial charge is 0.382 e. The van der Waals surface area contributed by atoms with Gasteiger partial charge < -0.3 is 11.1 Å². The van der Waals surface area contributed by atoms with Crippen molar-refractivity contribution in [2.24, 2.45) is 0 Å². The Kier molecular flexibility index (Phi) is 4.88. The third-order valence-electron chi connectivity index (χ3n) is 3.63. The minimum Gasteiger partial charge on any atom is -0.382 e. The summed E-state index contributed by atoms with van der Waals surface area (Å²) < 4.78 is 66.3. The van der Waals surface area contributed by atoms with Gasteiger partial charge in [-0.05, 0) is 29.8 Å². The number of aromatic nitrogens is 1. The van der Waals surface area contributed by atoms with Gasteiger partial charge in [-0.25, -0.2) is 13.8 Å². The number of alkyl halides is 3. The number of benzene rings is 2. The van der Waals surface area contributed by atoms with E-state index in [9.17, 15) is 22.0 Å². The number of nitrogen functional groups attached to an aromatic ring is 1. The highest BCUT2D eigenvalue weighted by Gasteiger charge is 2.30. The summed E-state index contributed by atoms with van der Waals surface area (Å²) in [6, 6.07) is 8.01. The van der Waals surface area contributed by atoms with Crippen molar-refractivity contribution in [2.45, 2.75) is 6.18 Å². The topological polar surface area (TPSA) is 50.9 Å².